The van der Waals surface area contributed by atoms with Gasteiger partial charge in [0.15, 0.2) is 11.7 Å². The number of alkyl halides is 3. The fourth-order valence-electron chi connectivity index (χ4n) is 1.72. The van der Waals surface area contributed by atoms with Gasteiger partial charge >= 0.3 is 12.3 Å². The van der Waals surface area contributed by atoms with E-state index in [2.05, 4.69) is 25.9 Å². The van der Waals surface area contributed by atoms with Crippen molar-refractivity contribution in [2.24, 2.45) is 4.99 Å². The number of halogens is 4. The van der Waals surface area contributed by atoms with Gasteiger partial charge < -0.3 is 20.7 Å². The van der Waals surface area contributed by atoms with Crippen molar-refractivity contribution < 1.29 is 22.7 Å². The molecule has 1 heterocycles. The molecule has 156 valence electrons. The number of rotatable bonds is 6. The van der Waals surface area contributed by atoms with E-state index in [0.29, 0.717) is 37.0 Å². The second-order valence-electron chi connectivity index (χ2n) is 6.23. The van der Waals surface area contributed by atoms with E-state index >= 15 is 0 Å². The maximum Gasteiger partial charge on any atom is 0.434 e. The smallest absolute Gasteiger partial charge is 0.434 e. The van der Waals surface area contributed by atoms with E-state index in [4.69, 9.17) is 4.74 Å². The van der Waals surface area contributed by atoms with Crippen molar-refractivity contribution in [3.8, 4) is 0 Å². The molecule has 1 amide bonds. The minimum atomic E-state index is -4.42. The van der Waals surface area contributed by atoms with Gasteiger partial charge in [0.05, 0.1) is 5.01 Å². The van der Waals surface area contributed by atoms with Crippen molar-refractivity contribution in [2.45, 2.75) is 39.0 Å². The average Bonchev–Trinajstić information content (AvgIpc) is 2.97. The van der Waals surface area contributed by atoms with Crippen LogP contribution in [0.15, 0.2) is 10.4 Å². The largest absolute Gasteiger partial charge is 0.444 e. The number of carbonyl (C=O) groups excluding carboxylic acids is 1. The molecule has 0 fully saturated rings. The monoisotopic (exact) mass is 523 g/mol. The number of guanidine groups is 1. The average molecular weight is 523 g/mol. The van der Waals surface area contributed by atoms with E-state index in [1.807, 2.05) is 0 Å². The van der Waals surface area contributed by atoms with Crippen LogP contribution in [-0.2, 0) is 17.3 Å². The fraction of sp³-hybridized carbons (Fsp3) is 0.667. The Hall–Kier alpha value is -1.31. The molecule has 0 aliphatic heterocycles. The summed E-state index contributed by atoms with van der Waals surface area (Å²) in [5.41, 5.74) is -1.43. The second-order valence-corrected chi connectivity index (χ2v) is 7.17. The zero-order chi connectivity index (χ0) is 19.8. The second kappa shape index (κ2) is 11.5. The van der Waals surface area contributed by atoms with Crippen LogP contribution in [0.4, 0.5) is 18.0 Å². The molecule has 0 aliphatic rings. The summed E-state index contributed by atoms with van der Waals surface area (Å²) >= 11 is 0.972. The van der Waals surface area contributed by atoms with Crippen molar-refractivity contribution in [2.75, 3.05) is 26.7 Å². The van der Waals surface area contributed by atoms with Gasteiger partial charge in [-0.2, -0.15) is 13.2 Å². The molecule has 1 aromatic rings. The summed E-state index contributed by atoms with van der Waals surface area (Å²) in [7, 11) is 1.57. The van der Waals surface area contributed by atoms with Crippen molar-refractivity contribution >= 4 is 47.4 Å². The number of aromatic nitrogens is 1. The molecule has 0 aliphatic carbocycles. The first-order valence-electron chi connectivity index (χ1n) is 7.94. The van der Waals surface area contributed by atoms with Gasteiger partial charge in [-0.1, -0.05) is 0 Å². The minimum Gasteiger partial charge on any atom is -0.444 e. The Labute approximate surface area is 177 Å². The van der Waals surface area contributed by atoms with Crippen molar-refractivity contribution in [1.82, 2.24) is 20.9 Å². The molecule has 27 heavy (non-hydrogen) atoms. The third-order valence-corrected chi connectivity index (χ3v) is 3.69. The lowest BCUT2D eigenvalue weighted by Gasteiger charge is -2.19. The standard InChI is InChI=1S/C15H24F3N5O2S.HI/c1-14(2,3)25-13(24)22-8-7-21-12(19-4)20-6-5-11-23-10(9-26-11)15(16,17)18;/h9H,5-8H2,1-4H3,(H,22,24)(H2,19,20,21);1H. The van der Waals surface area contributed by atoms with Crippen LogP contribution < -0.4 is 16.0 Å². The molecule has 3 N–H and O–H groups in total. The van der Waals surface area contributed by atoms with Gasteiger partial charge in [0.25, 0.3) is 0 Å². The van der Waals surface area contributed by atoms with Crippen LogP contribution in [0.25, 0.3) is 0 Å². The van der Waals surface area contributed by atoms with Crippen LogP contribution in [0.1, 0.15) is 31.5 Å². The maximum absolute atomic E-state index is 12.5. The summed E-state index contributed by atoms with van der Waals surface area (Å²) < 4.78 is 42.6. The number of hydrogen-bond donors (Lipinski definition) is 3. The van der Waals surface area contributed by atoms with E-state index < -0.39 is 23.6 Å². The van der Waals surface area contributed by atoms with E-state index in [9.17, 15) is 18.0 Å². The molecular weight excluding hydrogens is 498 g/mol. The molecule has 0 unspecified atom stereocenters. The number of nitrogens with zero attached hydrogens (tertiary/aromatic N) is 2. The molecule has 0 bridgehead atoms. The van der Waals surface area contributed by atoms with E-state index in [0.717, 1.165) is 16.7 Å². The molecule has 0 spiro atoms. The zero-order valence-electron chi connectivity index (χ0n) is 15.6. The molecule has 0 saturated heterocycles. The summed E-state index contributed by atoms with van der Waals surface area (Å²) in [6.45, 7) is 6.44. The van der Waals surface area contributed by atoms with Gasteiger partial charge in [-0.05, 0) is 20.8 Å². The molecule has 0 aromatic carbocycles. The van der Waals surface area contributed by atoms with E-state index in [1.54, 1.807) is 27.8 Å². The molecule has 1 rings (SSSR count). The number of aliphatic imine (C=N–C) groups is 1. The lowest BCUT2D eigenvalue weighted by atomic mass is 10.2. The van der Waals surface area contributed by atoms with Crippen molar-refractivity contribution in [3.05, 3.63) is 16.1 Å². The first kappa shape index (κ1) is 25.7. The molecule has 0 atom stereocenters. The fourth-order valence-corrected chi connectivity index (χ4v) is 2.53. The number of amides is 1. The summed E-state index contributed by atoms with van der Waals surface area (Å²) in [5, 5.41) is 9.94. The Morgan fingerprint density at radius 1 is 1.19 bits per heavy atom. The van der Waals surface area contributed by atoms with Crippen LogP contribution in [-0.4, -0.2) is 49.3 Å². The first-order valence-corrected chi connectivity index (χ1v) is 8.82. The van der Waals surface area contributed by atoms with Crippen LogP contribution in [0.5, 0.6) is 0 Å². The van der Waals surface area contributed by atoms with Gasteiger partial charge in [-0.15, -0.1) is 35.3 Å². The van der Waals surface area contributed by atoms with Crippen LogP contribution in [0, 0.1) is 0 Å². The highest BCUT2D eigenvalue weighted by Gasteiger charge is 2.33. The highest BCUT2D eigenvalue weighted by molar-refractivity contribution is 14.0. The zero-order valence-corrected chi connectivity index (χ0v) is 18.7. The minimum absolute atomic E-state index is 0. The third-order valence-electron chi connectivity index (χ3n) is 2.78. The number of thiazole rings is 1. The third kappa shape index (κ3) is 11.2. The number of ether oxygens (including phenoxy) is 1. The van der Waals surface area contributed by atoms with Crippen molar-refractivity contribution in [3.63, 3.8) is 0 Å². The van der Waals surface area contributed by atoms with E-state index in [-0.39, 0.29) is 24.0 Å². The van der Waals surface area contributed by atoms with Gasteiger partial charge in [0.1, 0.15) is 5.60 Å². The van der Waals surface area contributed by atoms with Gasteiger partial charge in [0.2, 0.25) is 0 Å². The van der Waals surface area contributed by atoms with Crippen LogP contribution >= 0.6 is 35.3 Å². The molecule has 0 saturated carbocycles. The lowest BCUT2D eigenvalue weighted by molar-refractivity contribution is -0.140. The first-order chi connectivity index (χ1) is 12.0. The number of nitrogens with one attached hydrogen (secondary N) is 3. The van der Waals surface area contributed by atoms with E-state index in [1.165, 1.54) is 0 Å². The summed E-state index contributed by atoms with van der Waals surface area (Å²) in [6.07, 6.45) is -4.58. The Morgan fingerprint density at radius 2 is 1.78 bits per heavy atom. The number of alkyl carbamates (subject to hydrolysis) is 1. The molecular formula is C15H25F3IN5O2S. The molecule has 1 aromatic heterocycles. The highest BCUT2D eigenvalue weighted by atomic mass is 127. The summed E-state index contributed by atoms with van der Waals surface area (Å²) in [6, 6.07) is 0. The predicted molar refractivity (Wildman–Crippen MR) is 110 cm³/mol. The van der Waals surface area contributed by atoms with Gasteiger partial charge in [-0.25, -0.2) is 9.78 Å². The Bertz CT molecular complexity index is 617. The molecule has 0 radical (unpaired) electrons. The van der Waals surface area contributed by atoms with Gasteiger partial charge in [-0.3, -0.25) is 4.99 Å². The van der Waals surface area contributed by atoms with Crippen molar-refractivity contribution in [1.29, 1.82) is 0 Å². The highest BCUT2D eigenvalue weighted by Crippen LogP contribution is 2.29. The van der Waals surface area contributed by atoms with Crippen LogP contribution in [0.2, 0.25) is 0 Å². The van der Waals surface area contributed by atoms with Crippen LogP contribution in [0.3, 0.4) is 0 Å². The topological polar surface area (TPSA) is 87.6 Å². The summed E-state index contributed by atoms with van der Waals surface area (Å²) in [5.74, 6) is 0.476. The summed E-state index contributed by atoms with van der Waals surface area (Å²) in [4.78, 5) is 19.0. The predicted octanol–water partition coefficient (Wildman–Crippen LogP) is 3.01. The Kier molecular flexibility index (Phi) is 11.0. The SMILES string of the molecule is CN=C(NCCNC(=O)OC(C)(C)C)NCCc1nc(C(F)(F)F)cs1.I. The quantitative estimate of drug-likeness (QED) is 0.231. The number of hydrogen-bond acceptors (Lipinski definition) is 5. The maximum atomic E-state index is 12.5. The Morgan fingerprint density at radius 3 is 2.30 bits per heavy atom. The lowest BCUT2D eigenvalue weighted by Crippen LogP contribution is -2.43. The molecule has 7 nitrogen and oxygen atoms in total. The number of carbonyl (C=O) groups is 1. The Balaban J connectivity index is 0.00000676. The normalized spacial score (nSPS) is 12.2. The van der Waals surface area contributed by atoms with Gasteiger partial charge in [0, 0.05) is 38.5 Å². The molecule has 12 heteroatoms.